The van der Waals surface area contributed by atoms with Crippen LogP contribution >= 0.6 is 11.6 Å². The van der Waals surface area contributed by atoms with Crippen molar-refractivity contribution in [3.8, 4) is 0 Å². The SMILES string of the molecule is CCOCCC(Cl)Cc1nc2ccccc2n1CC. The first-order valence-corrected chi connectivity index (χ1v) is 7.35. The molecule has 0 N–H and O–H groups in total. The Bertz CT molecular complexity index is 524. The van der Waals surface area contributed by atoms with E-state index in [0.29, 0.717) is 0 Å². The van der Waals surface area contributed by atoms with E-state index in [4.69, 9.17) is 16.3 Å². The summed E-state index contributed by atoms with van der Waals surface area (Å²) in [7, 11) is 0. The van der Waals surface area contributed by atoms with Crippen LogP contribution in [0.25, 0.3) is 11.0 Å². The Morgan fingerprint density at radius 2 is 2.11 bits per heavy atom. The van der Waals surface area contributed by atoms with Gasteiger partial charge in [0.05, 0.1) is 11.0 Å². The van der Waals surface area contributed by atoms with Gasteiger partial charge in [-0.3, -0.25) is 0 Å². The average molecular weight is 281 g/mol. The molecule has 0 radical (unpaired) electrons. The highest BCUT2D eigenvalue weighted by Crippen LogP contribution is 2.19. The first-order valence-electron chi connectivity index (χ1n) is 6.92. The Morgan fingerprint density at radius 1 is 1.32 bits per heavy atom. The molecule has 2 rings (SSSR count). The van der Waals surface area contributed by atoms with Crippen molar-refractivity contribution in [2.45, 2.75) is 38.6 Å². The molecule has 0 amide bonds. The van der Waals surface area contributed by atoms with Gasteiger partial charge in [0.25, 0.3) is 0 Å². The van der Waals surface area contributed by atoms with E-state index in [1.54, 1.807) is 0 Å². The number of fused-ring (bicyclic) bond motifs is 1. The second kappa shape index (κ2) is 6.92. The lowest BCUT2D eigenvalue weighted by molar-refractivity contribution is 0.144. The van der Waals surface area contributed by atoms with Gasteiger partial charge in [-0.25, -0.2) is 4.98 Å². The third kappa shape index (κ3) is 3.48. The topological polar surface area (TPSA) is 27.1 Å². The predicted molar refractivity (Wildman–Crippen MR) is 79.9 cm³/mol. The molecular formula is C15H21ClN2O. The number of para-hydroxylation sites is 2. The maximum Gasteiger partial charge on any atom is 0.111 e. The van der Waals surface area contributed by atoms with Crippen molar-refractivity contribution in [3.05, 3.63) is 30.1 Å². The van der Waals surface area contributed by atoms with E-state index in [9.17, 15) is 0 Å². The Labute approximate surface area is 119 Å². The number of imidazole rings is 1. The van der Waals surface area contributed by atoms with Gasteiger partial charge >= 0.3 is 0 Å². The molecule has 0 saturated heterocycles. The zero-order valence-corrected chi connectivity index (χ0v) is 12.4. The Morgan fingerprint density at radius 3 is 2.84 bits per heavy atom. The lowest BCUT2D eigenvalue weighted by Crippen LogP contribution is -2.12. The summed E-state index contributed by atoms with van der Waals surface area (Å²) in [6, 6.07) is 8.23. The fraction of sp³-hybridized carbons (Fsp3) is 0.533. The summed E-state index contributed by atoms with van der Waals surface area (Å²) in [6.45, 7) is 6.53. The maximum atomic E-state index is 6.37. The number of rotatable bonds is 7. The van der Waals surface area contributed by atoms with Crippen molar-refractivity contribution >= 4 is 22.6 Å². The van der Waals surface area contributed by atoms with Crippen molar-refractivity contribution in [2.75, 3.05) is 13.2 Å². The molecule has 0 bridgehead atoms. The van der Waals surface area contributed by atoms with Crippen LogP contribution < -0.4 is 0 Å². The first kappa shape index (κ1) is 14.4. The Kier molecular flexibility index (Phi) is 5.23. The van der Waals surface area contributed by atoms with Crippen molar-refractivity contribution in [1.82, 2.24) is 9.55 Å². The molecule has 0 aliphatic heterocycles. The molecule has 0 fully saturated rings. The molecule has 3 nitrogen and oxygen atoms in total. The van der Waals surface area contributed by atoms with Crippen LogP contribution in [0.5, 0.6) is 0 Å². The molecule has 1 heterocycles. The number of benzene rings is 1. The van der Waals surface area contributed by atoms with Crippen LogP contribution in [0.1, 0.15) is 26.1 Å². The van der Waals surface area contributed by atoms with Gasteiger partial charge in [0.15, 0.2) is 0 Å². The lowest BCUT2D eigenvalue weighted by Gasteiger charge is -2.10. The summed E-state index contributed by atoms with van der Waals surface area (Å²) in [4.78, 5) is 4.69. The molecule has 0 saturated carbocycles. The minimum atomic E-state index is 0.0775. The summed E-state index contributed by atoms with van der Waals surface area (Å²) in [5, 5.41) is 0.0775. The van der Waals surface area contributed by atoms with E-state index >= 15 is 0 Å². The van der Waals surface area contributed by atoms with Crippen LogP contribution in [0.15, 0.2) is 24.3 Å². The molecule has 0 spiro atoms. The lowest BCUT2D eigenvalue weighted by atomic mass is 10.2. The van der Waals surface area contributed by atoms with Gasteiger partial charge in [0, 0.05) is 31.6 Å². The molecule has 19 heavy (non-hydrogen) atoms. The molecule has 4 heteroatoms. The van der Waals surface area contributed by atoms with Crippen molar-refractivity contribution < 1.29 is 4.74 Å². The highest BCUT2D eigenvalue weighted by molar-refractivity contribution is 6.20. The Hall–Kier alpha value is -1.06. The van der Waals surface area contributed by atoms with E-state index in [-0.39, 0.29) is 5.38 Å². The van der Waals surface area contributed by atoms with Crippen LogP contribution in [0.3, 0.4) is 0 Å². The minimum absolute atomic E-state index is 0.0775. The normalized spacial score (nSPS) is 13.0. The van der Waals surface area contributed by atoms with Gasteiger partial charge in [0.1, 0.15) is 5.82 Å². The number of ether oxygens (including phenoxy) is 1. The number of hydrogen-bond donors (Lipinski definition) is 0. The minimum Gasteiger partial charge on any atom is -0.382 e. The molecule has 104 valence electrons. The number of halogens is 1. The fourth-order valence-electron chi connectivity index (χ4n) is 2.29. The smallest absolute Gasteiger partial charge is 0.111 e. The predicted octanol–water partition coefficient (Wildman–Crippen LogP) is 3.63. The summed E-state index contributed by atoms with van der Waals surface area (Å²) < 4.78 is 7.59. The first-order chi connectivity index (χ1) is 9.26. The molecule has 1 unspecified atom stereocenters. The zero-order valence-electron chi connectivity index (χ0n) is 11.6. The quantitative estimate of drug-likeness (QED) is 0.572. The van der Waals surface area contributed by atoms with Crippen LogP contribution in [0.2, 0.25) is 0 Å². The zero-order chi connectivity index (χ0) is 13.7. The molecule has 0 aliphatic carbocycles. The number of nitrogens with zero attached hydrogens (tertiary/aromatic N) is 2. The van der Waals surface area contributed by atoms with E-state index in [0.717, 1.165) is 43.9 Å². The highest BCUT2D eigenvalue weighted by Gasteiger charge is 2.13. The van der Waals surface area contributed by atoms with Crippen LogP contribution in [0.4, 0.5) is 0 Å². The highest BCUT2D eigenvalue weighted by atomic mass is 35.5. The third-order valence-corrected chi connectivity index (χ3v) is 3.61. The number of aromatic nitrogens is 2. The van der Waals surface area contributed by atoms with E-state index in [1.807, 2.05) is 19.1 Å². The van der Waals surface area contributed by atoms with Gasteiger partial charge in [-0.1, -0.05) is 12.1 Å². The summed E-state index contributed by atoms with van der Waals surface area (Å²) in [5.74, 6) is 1.07. The van der Waals surface area contributed by atoms with Gasteiger partial charge in [-0.15, -0.1) is 11.6 Å². The molecule has 1 aromatic carbocycles. The second-order valence-corrected chi connectivity index (χ2v) is 5.17. The Balaban J connectivity index is 2.11. The summed E-state index contributed by atoms with van der Waals surface area (Å²) in [6.07, 6.45) is 1.65. The summed E-state index contributed by atoms with van der Waals surface area (Å²) in [5.41, 5.74) is 2.24. The molecular weight excluding hydrogens is 260 g/mol. The maximum absolute atomic E-state index is 6.37. The molecule has 1 aromatic heterocycles. The van der Waals surface area contributed by atoms with Gasteiger partial charge in [-0.2, -0.15) is 0 Å². The average Bonchev–Trinajstić information content (AvgIpc) is 2.76. The molecule has 0 aliphatic rings. The fourth-order valence-corrected chi connectivity index (χ4v) is 2.52. The second-order valence-electron chi connectivity index (χ2n) is 4.55. The van der Waals surface area contributed by atoms with Crippen molar-refractivity contribution in [2.24, 2.45) is 0 Å². The third-order valence-electron chi connectivity index (χ3n) is 3.23. The standard InChI is InChI=1S/C15H21ClN2O/c1-3-18-14-8-6-5-7-13(14)17-15(18)11-12(16)9-10-19-4-2/h5-8,12H,3-4,9-11H2,1-2H3. The van der Waals surface area contributed by atoms with Gasteiger partial charge in [-0.05, 0) is 32.4 Å². The number of hydrogen-bond acceptors (Lipinski definition) is 2. The summed E-state index contributed by atoms with van der Waals surface area (Å²) >= 11 is 6.37. The molecule has 2 aromatic rings. The van der Waals surface area contributed by atoms with Gasteiger partial charge < -0.3 is 9.30 Å². The van der Waals surface area contributed by atoms with E-state index in [2.05, 4.69) is 28.6 Å². The van der Waals surface area contributed by atoms with Crippen molar-refractivity contribution in [1.29, 1.82) is 0 Å². The van der Waals surface area contributed by atoms with Crippen LogP contribution in [0, 0.1) is 0 Å². The van der Waals surface area contributed by atoms with E-state index in [1.165, 1.54) is 5.52 Å². The monoisotopic (exact) mass is 280 g/mol. The van der Waals surface area contributed by atoms with Crippen LogP contribution in [-0.2, 0) is 17.7 Å². The van der Waals surface area contributed by atoms with Crippen LogP contribution in [-0.4, -0.2) is 28.1 Å². The van der Waals surface area contributed by atoms with E-state index < -0.39 is 0 Å². The largest absolute Gasteiger partial charge is 0.382 e. The molecule has 1 atom stereocenters. The number of alkyl halides is 1. The number of aryl methyl sites for hydroxylation is 1. The van der Waals surface area contributed by atoms with Gasteiger partial charge in [0.2, 0.25) is 0 Å². The van der Waals surface area contributed by atoms with Crippen molar-refractivity contribution in [3.63, 3.8) is 0 Å².